The van der Waals surface area contributed by atoms with Crippen LogP contribution in [-0.2, 0) is 0 Å². The Morgan fingerprint density at radius 3 is 2.70 bits per heavy atom. The van der Waals surface area contributed by atoms with Gasteiger partial charge in [-0.05, 0) is 75.1 Å². The van der Waals surface area contributed by atoms with Gasteiger partial charge in [0, 0.05) is 61.6 Å². The molecule has 1 aromatic heterocycles. The fourth-order valence-corrected chi connectivity index (χ4v) is 5.89. The fraction of sp³-hybridized carbons (Fsp3) is 0.625. The molecule has 1 aliphatic carbocycles. The van der Waals surface area contributed by atoms with Gasteiger partial charge in [0.25, 0.3) is 0 Å². The number of fused-ring (bicyclic) bond motifs is 1. The van der Waals surface area contributed by atoms with Crippen LogP contribution >= 0.6 is 11.3 Å². The van der Waals surface area contributed by atoms with Crippen molar-refractivity contribution in [2.24, 2.45) is 5.92 Å². The van der Waals surface area contributed by atoms with Gasteiger partial charge in [-0.25, -0.2) is 4.79 Å². The normalized spacial score (nSPS) is 25.4. The lowest BCUT2D eigenvalue weighted by Gasteiger charge is -2.42. The number of anilines is 1. The number of benzene rings is 1. The van der Waals surface area contributed by atoms with Gasteiger partial charge >= 0.3 is 6.03 Å². The molecule has 0 unspecified atom stereocenters. The predicted octanol–water partition coefficient (Wildman–Crippen LogP) is 4.63. The zero-order valence-electron chi connectivity index (χ0n) is 18.6. The van der Waals surface area contributed by atoms with Crippen molar-refractivity contribution in [3.63, 3.8) is 0 Å². The topological polar surface area (TPSA) is 38.8 Å². The monoisotopic (exact) mass is 428 g/mol. The smallest absolute Gasteiger partial charge is 0.317 e. The number of hydrogen-bond donors (Lipinski definition) is 1. The van der Waals surface area contributed by atoms with E-state index in [4.69, 9.17) is 0 Å². The zero-order valence-corrected chi connectivity index (χ0v) is 19.5. The molecule has 5 nitrogen and oxygen atoms in total. The van der Waals surface area contributed by atoms with E-state index in [2.05, 4.69) is 51.7 Å². The molecule has 2 fully saturated rings. The van der Waals surface area contributed by atoms with E-state index >= 15 is 0 Å². The molecule has 6 heteroatoms. The first-order valence-corrected chi connectivity index (χ1v) is 12.3. The van der Waals surface area contributed by atoms with E-state index in [1.165, 1.54) is 41.6 Å². The van der Waals surface area contributed by atoms with E-state index in [0.29, 0.717) is 12.1 Å². The molecule has 164 valence electrons. The lowest BCUT2D eigenvalue weighted by atomic mass is 9.84. The van der Waals surface area contributed by atoms with E-state index in [1.807, 2.05) is 25.4 Å². The summed E-state index contributed by atoms with van der Waals surface area (Å²) in [5, 5.41) is 6.76. The Labute approximate surface area is 185 Å². The third kappa shape index (κ3) is 4.92. The minimum atomic E-state index is 0.0449. The highest BCUT2D eigenvalue weighted by atomic mass is 32.1. The summed E-state index contributed by atoms with van der Waals surface area (Å²) >= 11 is 1.83. The first kappa shape index (κ1) is 21.4. The van der Waals surface area contributed by atoms with E-state index in [-0.39, 0.29) is 6.03 Å². The molecule has 2 heterocycles. The highest BCUT2D eigenvalue weighted by Crippen LogP contribution is 2.33. The maximum absolute atomic E-state index is 11.8. The van der Waals surface area contributed by atoms with Crippen LogP contribution in [0.5, 0.6) is 0 Å². The lowest BCUT2D eigenvalue weighted by molar-refractivity contribution is 0.187. The van der Waals surface area contributed by atoms with Crippen LogP contribution < -0.4 is 10.2 Å². The quantitative estimate of drug-likeness (QED) is 0.754. The van der Waals surface area contributed by atoms with Gasteiger partial charge in [0.15, 0.2) is 0 Å². The zero-order chi connectivity index (χ0) is 21.1. The van der Waals surface area contributed by atoms with Crippen molar-refractivity contribution in [3.05, 3.63) is 29.6 Å². The average Bonchev–Trinajstić information content (AvgIpc) is 3.22. The van der Waals surface area contributed by atoms with Gasteiger partial charge in [-0.15, -0.1) is 11.3 Å². The molecule has 4 rings (SSSR count). The minimum Gasteiger partial charge on any atom is -0.366 e. The number of rotatable bonds is 5. The number of carbonyl (C=O) groups excluding carboxylic acids is 1. The average molecular weight is 429 g/mol. The van der Waals surface area contributed by atoms with Gasteiger partial charge in [0.05, 0.1) is 0 Å². The number of urea groups is 1. The predicted molar refractivity (Wildman–Crippen MR) is 128 cm³/mol. The van der Waals surface area contributed by atoms with E-state index in [9.17, 15) is 4.79 Å². The Balaban J connectivity index is 1.23. The summed E-state index contributed by atoms with van der Waals surface area (Å²) in [5.41, 5.74) is 1.40. The van der Waals surface area contributed by atoms with Gasteiger partial charge < -0.3 is 15.1 Å². The van der Waals surface area contributed by atoms with Crippen molar-refractivity contribution < 1.29 is 4.79 Å². The summed E-state index contributed by atoms with van der Waals surface area (Å²) < 4.78 is 1.39. The van der Waals surface area contributed by atoms with Crippen molar-refractivity contribution in [2.75, 3.05) is 45.2 Å². The van der Waals surface area contributed by atoms with Crippen molar-refractivity contribution in [3.8, 4) is 0 Å². The van der Waals surface area contributed by atoms with Gasteiger partial charge in [-0.2, -0.15) is 0 Å². The van der Waals surface area contributed by atoms with E-state index in [0.717, 1.165) is 38.4 Å². The van der Waals surface area contributed by atoms with Crippen LogP contribution in [0.15, 0.2) is 29.6 Å². The first-order valence-electron chi connectivity index (χ1n) is 11.4. The van der Waals surface area contributed by atoms with Crippen LogP contribution in [0.2, 0.25) is 0 Å². The molecule has 1 saturated carbocycles. The standard InChI is InChI=1S/C24H36N4OS/c1-18-17-27(13-11-19-7-9-20(10-8-19)25-24(29)26(2)3)14-15-28(18)22-5-4-6-23-21(22)12-16-30-23/h4-6,12,16,18-20H,7-11,13-15,17H2,1-3H3,(H,25,29)/t18-,19-,20-/m1/s1. The largest absolute Gasteiger partial charge is 0.366 e. The molecule has 1 aromatic carbocycles. The first-order chi connectivity index (χ1) is 14.5. The Morgan fingerprint density at radius 1 is 1.17 bits per heavy atom. The summed E-state index contributed by atoms with van der Waals surface area (Å²) in [6.07, 6.45) is 6.03. The number of hydrogen-bond acceptors (Lipinski definition) is 4. The van der Waals surface area contributed by atoms with Gasteiger partial charge in [0.1, 0.15) is 0 Å². The fourth-order valence-electron chi connectivity index (χ4n) is 5.09. The molecular formula is C24H36N4OS. The molecule has 1 saturated heterocycles. The summed E-state index contributed by atoms with van der Waals surface area (Å²) in [6, 6.07) is 9.93. The third-order valence-corrected chi connectivity index (χ3v) is 7.81. The van der Waals surface area contributed by atoms with Crippen molar-refractivity contribution in [1.82, 2.24) is 15.1 Å². The summed E-state index contributed by atoms with van der Waals surface area (Å²) in [6.45, 7) is 6.99. The Kier molecular flexibility index (Phi) is 6.84. The molecule has 2 aliphatic rings. The molecule has 0 radical (unpaired) electrons. The molecule has 30 heavy (non-hydrogen) atoms. The number of nitrogens with zero attached hydrogens (tertiary/aromatic N) is 3. The van der Waals surface area contributed by atoms with Gasteiger partial charge in [0.2, 0.25) is 0 Å². The van der Waals surface area contributed by atoms with Crippen molar-refractivity contribution >= 4 is 33.1 Å². The molecule has 0 spiro atoms. The van der Waals surface area contributed by atoms with E-state index < -0.39 is 0 Å². The number of piperazine rings is 1. The molecule has 1 aliphatic heterocycles. The van der Waals surface area contributed by atoms with E-state index in [1.54, 1.807) is 4.90 Å². The molecule has 2 aromatic rings. The molecule has 1 atom stereocenters. The number of amides is 2. The number of nitrogens with one attached hydrogen (secondary N) is 1. The lowest BCUT2D eigenvalue weighted by Crippen LogP contribution is -2.52. The van der Waals surface area contributed by atoms with Crippen LogP contribution in [-0.4, -0.2) is 68.2 Å². The van der Waals surface area contributed by atoms with Crippen LogP contribution in [0.25, 0.3) is 10.1 Å². The second kappa shape index (κ2) is 9.56. The van der Waals surface area contributed by atoms with Crippen LogP contribution in [0.4, 0.5) is 10.5 Å². The molecular weight excluding hydrogens is 392 g/mol. The Hall–Kier alpha value is -1.79. The molecule has 2 amide bonds. The minimum absolute atomic E-state index is 0.0449. The van der Waals surface area contributed by atoms with Crippen molar-refractivity contribution in [2.45, 2.75) is 51.1 Å². The SMILES string of the molecule is C[C@@H]1CN(CC[C@H]2CC[C@H](NC(=O)N(C)C)CC2)CCN1c1cccc2sccc12. The second-order valence-corrected chi connectivity index (χ2v) is 10.3. The molecule has 0 bridgehead atoms. The van der Waals surface area contributed by atoms with Crippen LogP contribution in [0.3, 0.4) is 0 Å². The van der Waals surface area contributed by atoms with Crippen LogP contribution in [0.1, 0.15) is 39.0 Å². The summed E-state index contributed by atoms with van der Waals surface area (Å²) in [5.74, 6) is 0.811. The highest BCUT2D eigenvalue weighted by Gasteiger charge is 2.27. The van der Waals surface area contributed by atoms with Crippen molar-refractivity contribution in [1.29, 1.82) is 0 Å². The second-order valence-electron chi connectivity index (χ2n) is 9.30. The maximum Gasteiger partial charge on any atom is 0.317 e. The highest BCUT2D eigenvalue weighted by molar-refractivity contribution is 7.17. The van der Waals surface area contributed by atoms with Gasteiger partial charge in [-0.1, -0.05) is 6.07 Å². The summed E-state index contributed by atoms with van der Waals surface area (Å²) in [4.78, 5) is 18.7. The number of carbonyl (C=O) groups is 1. The summed E-state index contributed by atoms with van der Waals surface area (Å²) in [7, 11) is 3.62. The number of thiophene rings is 1. The molecule has 1 N–H and O–H groups in total. The Morgan fingerprint density at radius 2 is 1.97 bits per heavy atom. The maximum atomic E-state index is 11.8. The van der Waals surface area contributed by atoms with Gasteiger partial charge in [-0.3, -0.25) is 4.90 Å². The van der Waals surface area contributed by atoms with Crippen LogP contribution in [0, 0.1) is 5.92 Å². The third-order valence-electron chi connectivity index (χ3n) is 6.93. The Bertz CT molecular complexity index is 843.